The van der Waals surface area contributed by atoms with Gasteiger partial charge in [-0.05, 0) is 37.5 Å². The zero-order chi connectivity index (χ0) is 13.8. The van der Waals surface area contributed by atoms with E-state index >= 15 is 0 Å². The predicted molar refractivity (Wildman–Crippen MR) is 82.4 cm³/mol. The summed E-state index contributed by atoms with van der Waals surface area (Å²) in [6.45, 7) is 6.56. The SMILES string of the molecule is CCCCC(CCC)n1c(N)nc2cc(C)ccc21. The first-order chi connectivity index (χ1) is 9.17. The van der Waals surface area contributed by atoms with Crippen molar-refractivity contribution in [2.24, 2.45) is 0 Å². The summed E-state index contributed by atoms with van der Waals surface area (Å²) in [5, 5.41) is 0. The molecule has 0 aliphatic heterocycles. The zero-order valence-corrected chi connectivity index (χ0v) is 12.3. The summed E-state index contributed by atoms with van der Waals surface area (Å²) in [6, 6.07) is 6.90. The number of nitrogens with zero attached hydrogens (tertiary/aromatic N) is 2. The van der Waals surface area contributed by atoms with Crippen LogP contribution in [0.2, 0.25) is 0 Å². The molecule has 1 heterocycles. The predicted octanol–water partition coefficient (Wildman–Crippen LogP) is 4.46. The summed E-state index contributed by atoms with van der Waals surface area (Å²) < 4.78 is 2.24. The average Bonchev–Trinajstić information content (AvgIpc) is 2.69. The maximum absolute atomic E-state index is 6.16. The van der Waals surface area contributed by atoms with Crippen LogP contribution in [0.15, 0.2) is 18.2 Å². The van der Waals surface area contributed by atoms with Crippen LogP contribution >= 0.6 is 0 Å². The molecule has 0 saturated carbocycles. The Kier molecular flexibility index (Phi) is 4.46. The van der Waals surface area contributed by atoms with Crippen molar-refractivity contribution in [1.29, 1.82) is 0 Å². The lowest BCUT2D eigenvalue weighted by molar-refractivity contribution is 0.430. The number of nitrogens with two attached hydrogens (primary N) is 1. The minimum atomic E-state index is 0.484. The summed E-state index contributed by atoms with van der Waals surface area (Å²) in [7, 11) is 0. The van der Waals surface area contributed by atoms with E-state index in [1.165, 1.54) is 43.2 Å². The highest BCUT2D eigenvalue weighted by atomic mass is 15.2. The molecule has 2 aromatic rings. The third-order valence-electron chi connectivity index (χ3n) is 3.75. The number of unbranched alkanes of at least 4 members (excludes halogenated alkanes) is 1. The van der Waals surface area contributed by atoms with Crippen LogP contribution in [0.5, 0.6) is 0 Å². The number of benzene rings is 1. The third-order valence-corrected chi connectivity index (χ3v) is 3.75. The third kappa shape index (κ3) is 2.91. The van der Waals surface area contributed by atoms with Crippen LogP contribution in [0.4, 0.5) is 5.95 Å². The normalized spacial score (nSPS) is 13.0. The van der Waals surface area contributed by atoms with Crippen LogP contribution in [0.25, 0.3) is 11.0 Å². The monoisotopic (exact) mass is 259 g/mol. The smallest absolute Gasteiger partial charge is 0.201 e. The average molecular weight is 259 g/mol. The Morgan fingerprint density at radius 2 is 2.00 bits per heavy atom. The number of aryl methyl sites for hydroxylation is 1. The van der Waals surface area contributed by atoms with Gasteiger partial charge in [0, 0.05) is 6.04 Å². The van der Waals surface area contributed by atoms with Crippen molar-refractivity contribution >= 4 is 17.0 Å². The lowest BCUT2D eigenvalue weighted by Crippen LogP contribution is -2.12. The molecule has 1 unspecified atom stereocenters. The lowest BCUT2D eigenvalue weighted by atomic mass is 10.0. The van der Waals surface area contributed by atoms with Gasteiger partial charge in [-0.2, -0.15) is 0 Å². The molecule has 1 aromatic heterocycles. The molecular formula is C16H25N3. The number of fused-ring (bicyclic) bond motifs is 1. The van der Waals surface area contributed by atoms with Crippen molar-refractivity contribution < 1.29 is 0 Å². The molecule has 3 nitrogen and oxygen atoms in total. The Bertz CT molecular complexity index is 542. The van der Waals surface area contributed by atoms with Gasteiger partial charge in [-0.15, -0.1) is 0 Å². The van der Waals surface area contributed by atoms with Crippen LogP contribution in [0.3, 0.4) is 0 Å². The van der Waals surface area contributed by atoms with Crippen LogP contribution in [0.1, 0.15) is 57.6 Å². The molecular weight excluding hydrogens is 234 g/mol. The number of hydrogen-bond donors (Lipinski definition) is 1. The Morgan fingerprint density at radius 3 is 2.68 bits per heavy atom. The minimum Gasteiger partial charge on any atom is -0.369 e. The molecule has 0 saturated heterocycles. The second-order valence-corrected chi connectivity index (χ2v) is 5.42. The van der Waals surface area contributed by atoms with Gasteiger partial charge in [-0.25, -0.2) is 4.98 Å². The van der Waals surface area contributed by atoms with E-state index < -0.39 is 0 Å². The molecule has 104 valence electrons. The van der Waals surface area contributed by atoms with Crippen LogP contribution in [-0.2, 0) is 0 Å². The summed E-state index contributed by atoms with van der Waals surface area (Å²) in [5.74, 6) is 0.662. The Morgan fingerprint density at radius 1 is 1.21 bits per heavy atom. The van der Waals surface area contributed by atoms with E-state index in [-0.39, 0.29) is 0 Å². The maximum Gasteiger partial charge on any atom is 0.201 e. The number of aromatic nitrogens is 2. The second kappa shape index (κ2) is 6.09. The van der Waals surface area contributed by atoms with E-state index in [1.807, 2.05) is 0 Å². The van der Waals surface area contributed by atoms with Gasteiger partial charge in [0.2, 0.25) is 5.95 Å². The van der Waals surface area contributed by atoms with Gasteiger partial charge in [0.1, 0.15) is 0 Å². The van der Waals surface area contributed by atoms with Gasteiger partial charge >= 0.3 is 0 Å². The molecule has 19 heavy (non-hydrogen) atoms. The molecule has 0 amide bonds. The fourth-order valence-corrected chi connectivity index (χ4v) is 2.79. The fraction of sp³-hybridized carbons (Fsp3) is 0.562. The van der Waals surface area contributed by atoms with Crippen LogP contribution in [-0.4, -0.2) is 9.55 Å². The lowest BCUT2D eigenvalue weighted by Gasteiger charge is -2.20. The summed E-state index contributed by atoms with van der Waals surface area (Å²) in [5.41, 5.74) is 9.59. The number of nitrogen functional groups attached to an aromatic ring is 1. The highest BCUT2D eigenvalue weighted by molar-refractivity contribution is 5.79. The molecule has 0 bridgehead atoms. The Hall–Kier alpha value is -1.51. The first-order valence-electron chi connectivity index (χ1n) is 7.41. The molecule has 0 aliphatic rings. The van der Waals surface area contributed by atoms with Crippen molar-refractivity contribution in [3.8, 4) is 0 Å². The van der Waals surface area contributed by atoms with Crippen molar-refractivity contribution in [2.75, 3.05) is 5.73 Å². The number of rotatable bonds is 6. The quantitative estimate of drug-likeness (QED) is 0.832. The molecule has 1 atom stereocenters. The van der Waals surface area contributed by atoms with Crippen molar-refractivity contribution in [3.63, 3.8) is 0 Å². The van der Waals surface area contributed by atoms with Crippen molar-refractivity contribution in [1.82, 2.24) is 9.55 Å². The van der Waals surface area contributed by atoms with Gasteiger partial charge in [-0.3, -0.25) is 0 Å². The van der Waals surface area contributed by atoms with E-state index in [1.54, 1.807) is 0 Å². The van der Waals surface area contributed by atoms with Gasteiger partial charge in [0.15, 0.2) is 0 Å². The van der Waals surface area contributed by atoms with E-state index in [0.717, 1.165) is 5.52 Å². The van der Waals surface area contributed by atoms with Gasteiger partial charge < -0.3 is 10.3 Å². The summed E-state index contributed by atoms with van der Waals surface area (Å²) in [4.78, 5) is 4.53. The van der Waals surface area contributed by atoms with E-state index in [2.05, 4.69) is 48.5 Å². The summed E-state index contributed by atoms with van der Waals surface area (Å²) in [6.07, 6.45) is 6.01. The van der Waals surface area contributed by atoms with Crippen LogP contribution in [0, 0.1) is 6.92 Å². The molecule has 1 aromatic carbocycles. The van der Waals surface area contributed by atoms with E-state index in [9.17, 15) is 0 Å². The topological polar surface area (TPSA) is 43.8 Å². The molecule has 0 fully saturated rings. The number of imidazole rings is 1. The van der Waals surface area contributed by atoms with Crippen LogP contribution < -0.4 is 5.73 Å². The maximum atomic E-state index is 6.16. The number of hydrogen-bond acceptors (Lipinski definition) is 2. The molecule has 2 N–H and O–H groups in total. The van der Waals surface area contributed by atoms with Gasteiger partial charge in [0.05, 0.1) is 11.0 Å². The van der Waals surface area contributed by atoms with E-state index in [0.29, 0.717) is 12.0 Å². The minimum absolute atomic E-state index is 0.484. The molecule has 0 spiro atoms. The number of anilines is 1. The first kappa shape index (κ1) is 13.9. The summed E-state index contributed by atoms with van der Waals surface area (Å²) >= 11 is 0. The molecule has 2 rings (SSSR count). The highest BCUT2D eigenvalue weighted by Crippen LogP contribution is 2.29. The first-order valence-corrected chi connectivity index (χ1v) is 7.41. The van der Waals surface area contributed by atoms with Gasteiger partial charge in [0.25, 0.3) is 0 Å². The molecule has 0 radical (unpaired) electrons. The Balaban J connectivity index is 2.42. The highest BCUT2D eigenvalue weighted by Gasteiger charge is 2.16. The zero-order valence-electron chi connectivity index (χ0n) is 12.3. The largest absolute Gasteiger partial charge is 0.369 e. The van der Waals surface area contributed by atoms with Crippen molar-refractivity contribution in [2.45, 2.75) is 58.9 Å². The molecule has 0 aliphatic carbocycles. The second-order valence-electron chi connectivity index (χ2n) is 5.42. The molecule has 3 heteroatoms. The standard InChI is InChI=1S/C16H25N3/c1-4-6-8-13(7-5-2)19-15-10-9-12(3)11-14(15)18-16(19)17/h9-11,13H,4-8H2,1-3H3,(H2,17,18). The van der Waals surface area contributed by atoms with Crippen molar-refractivity contribution in [3.05, 3.63) is 23.8 Å². The Labute approximate surface area is 115 Å². The fourth-order valence-electron chi connectivity index (χ4n) is 2.79. The van der Waals surface area contributed by atoms with E-state index in [4.69, 9.17) is 5.73 Å². The van der Waals surface area contributed by atoms with Gasteiger partial charge in [-0.1, -0.05) is 39.2 Å².